The Labute approximate surface area is 97.8 Å². The standard InChI is InChI=1S/C10H14BrN3O/c1-14-6-4-8(5-7-14)15-10-3-2-9(11)12-13-10/h2-3,8H,4-7H2,1H3. The monoisotopic (exact) mass is 271 g/mol. The van der Waals surface area contributed by atoms with Crippen LogP contribution in [0.2, 0.25) is 0 Å². The van der Waals surface area contributed by atoms with E-state index in [1.165, 1.54) is 0 Å². The lowest BCUT2D eigenvalue weighted by atomic mass is 10.1. The minimum absolute atomic E-state index is 0.289. The first-order valence-corrected chi connectivity index (χ1v) is 5.88. The molecule has 1 aliphatic rings. The van der Waals surface area contributed by atoms with Crippen molar-refractivity contribution in [3.05, 3.63) is 16.7 Å². The van der Waals surface area contributed by atoms with Crippen molar-refractivity contribution < 1.29 is 4.74 Å². The number of piperidine rings is 1. The molecule has 0 aliphatic carbocycles. The van der Waals surface area contributed by atoms with Gasteiger partial charge in [0.2, 0.25) is 5.88 Å². The number of halogens is 1. The zero-order valence-corrected chi connectivity index (χ0v) is 10.3. The maximum absolute atomic E-state index is 5.74. The second-order valence-corrected chi connectivity index (χ2v) is 4.63. The van der Waals surface area contributed by atoms with Crippen molar-refractivity contribution in [1.82, 2.24) is 15.1 Å². The molecule has 0 radical (unpaired) electrons. The van der Waals surface area contributed by atoms with Gasteiger partial charge in [-0.25, -0.2) is 0 Å². The number of aromatic nitrogens is 2. The first kappa shape index (κ1) is 10.8. The van der Waals surface area contributed by atoms with Gasteiger partial charge in [0.25, 0.3) is 0 Å². The zero-order chi connectivity index (χ0) is 10.7. The highest BCUT2D eigenvalue weighted by atomic mass is 79.9. The molecule has 0 atom stereocenters. The van der Waals surface area contributed by atoms with Gasteiger partial charge >= 0.3 is 0 Å². The fourth-order valence-electron chi connectivity index (χ4n) is 1.64. The molecule has 0 aromatic carbocycles. The number of hydrogen-bond acceptors (Lipinski definition) is 4. The second-order valence-electron chi connectivity index (χ2n) is 3.81. The van der Waals surface area contributed by atoms with Crippen molar-refractivity contribution in [2.24, 2.45) is 0 Å². The molecule has 2 heterocycles. The summed E-state index contributed by atoms with van der Waals surface area (Å²) < 4.78 is 6.47. The molecule has 0 spiro atoms. The summed E-state index contributed by atoms with van der Waals surface area (Å²) in [5.74, 6) is 0.618. The van der Waals surface area contributed by atoms with Gasteiger partial charge in [-0.2, -0.15) is 0 Å². The van der Waals surface area contributed by atoms with Crippen LogP contribution in [0, 0.1) is 0 Å². The summed E-state index contributed by atoms with van der Waals surface area (Å²) in [6.07, 6.45) is 2.42. The summed E-state index contributed by atoms with van der Waals surface area (Å²) in [5.41, 5.74) is 0. The molecule has 0 saturated carbocycles. The number of hydrogen-bond donors (Lipinski definition) is 0. The molecule has 1 saturated heterocycles. The predicted octanol–water partition coefficient (Wildman–Crippen LogP) is 1.71. The molecule has 1 aromatic rings. The molecule has 1 fully saturated rings. The number of nitrogens with zero attached hydrogens (tertiary/aromatic N) is 3. The quantitative estimate of drug-likeness (QED) is 0.821. The van der Waals surface area contributed by atoms with Crippen LogP contribution in [0.5, 0.6) is 5.88 Å². The Morgan fingerprint density at radius 2 is 2.07 bits per heavy atom. The Morgan fingerprint density at radius 3 is 2.67 bits per heavy atom. The molecule has 82 valence electrons. The Balaban J connectivity index is 1.89. The summed E-state index contributed by atoms with van der Waals surface area (Å²) in [6, 6.07) is 3.69. The lowest BCUT2D eigenvalue weighted by Gasteiger charge is -2.28. The van der Waals surface area contributed by atoms with E-state index in [-0.39, 0.29) is 6.10 Å². The Hall–Kier alpha value is -0.680. The fraction of sp³-hybridized carbons (Fsp3) is 0.600. The molecule has 4 nitrogen and oxygen atoms in total. The fourth-order valence-corrected chi connectivity index (χ4v) is 1.85. The summed E-state index contributed by atoms with van der Waals surface area (Å²) in [6.45, 7) is 2.18. The minimum Gasteiger partial charge on any atom is -0.473 e. The first-order valence-electron chi connectivity index (χ1n) is 5.08. The smallest absolute Gasteiger partial charge is 0.233 e. The van der Waals surface area contributed by atoms with Crippen molar-refractivity contribution in [3.8, 4) is 5.88 Å². The van der Waals surface area contributed by atoms with E-state index in [0.29, 0.717) is 5.88 Å². The van der Waals surface area contributed by atoms with Crippen LogP contribution in [0.3, 0.4) is 0 Å². The summed E-state index contributed by atoms with van der Waals surface area (Å²) in [7, 11) is 2.13. The van der Waals surface area contributed by atoms with E-state index in [4.69, 9.17) is 4.74 Å². The third-order valence-corrected chi connectivity index (χ3v) is 2.98. The molecule has 2 rings (SSSR count). The Morgan fingerprint density at radius 1 is 1.33 bits per heavy atom. The van der Waals surface area contributed by atoms with Crippen LogP contribution in [0.25, 0.3) is 0 Å². The highest BCUT2D eigenvalue weighted by molar-refractivity contribution is 9.10. The third-order valence-electron chi connectivity index (χ3n) is 2.56. The molecular formula is C10H14BrN3O. The van der Waals surface area contributed by atoms with Gasteiger partial charge in [-0.1, -0.05) is 0 Å². The highest BCUT2D eigenvalue weighted by Gasteiger charge is 2.18. The van der Waals surface area contributed by atoms with Crippen molar-refractivity contribution in [3.63, 3.8) is 0 Å². The van der Waals surface area contributed by atoms with E-state index < -0.39 is 0 Å². The summed E-state index contributed by atoms with van der Waals surface area (Å²) >= 11 is 3.24. The van der Waals surface area contributed by atoms with Gasteiger partial charge in [-0.05, 0) is 41.9 Å². The average Bonchev–Trinajstić information content (AvgIpc) is 2.25. The normalized spacial score (nSPS) is 19.1. The maximum Gasteiger partial charge on any atom is 0.233 e. The molecule has 1 aliphatic heterocycles. The molecule has 0 amide bonds. The van der Waals surface area contributed by atoms with E-state index in [1.807, 2.05) is 12.1 Å². The van der Waals surface area contributed by atoms with Gasteiger partial charge in [0.1, 0.15) is 10.7 Å². The lowest BCUT2D eigenvalue weighted by molar-refractivity contribution is 0.109. The van der Waals surface area contributed by atoms with Crippen molar-refractivity contribution >= 4 is 15.9 Å². The van der Waals surface area contributed by atoms with Gasteiger partial charge in [-0.15, -0.1) is 10.2 Å². The lowest BCUT2D eigenvalue weighted by Crippen LogP contribution is -2.35. The van der Waals surface area contributed by atoms with E-state index in [9.17, 15) is 0 Å². The van der Waals surface area contributed by atoms with E-state index in [0.717, 1.165) is 30.5 Å². The minimum atomic E-state index is 0.289. The van der Waals surface area contributed by atoms with Crippen molar-refractivity contribution in [1.29, 1.82) is 0 Å². The number of ether oxygens (including phenoxy) is 1. The molecule has 0 bridgehead atoms. The van der Waals surface area contributed by atoms with Crippen LogP contribution in [-0.4, -0.2) is 41.3 Å². The molecular weight excluding hydrogens is 258 g/mol. The summed E-state index contributed by atoms with van der Waals surface area (Å²) in [5, 5.41) is 7.85. The van der Waals surface area contributed by atoms with Crippen LogP contribution >= 0.6 is 15.9 Å². The van der Waals surface area contributed by atoms with Gasteiger partial charge in [0.15, 0.2) is 0 Å². The molecule has 1 aromatic heterocycles. The zero-order valence-electron chi connectivity index (χ0n) is 8.69. The third kappa shape index (κ3) is 3.14. The topological polar surface area (TPSA) is 38.2 Å². The molecule has 5 heteroatoms. The van der Waals surface area contributed by atoms with Gasteiger partial charge in [-0.3, -0.25) is 0 Å². The van der Waals surface area contributed by atoms with Crippen molar-refractivity contribution in [2.75, 3.05) is 20.1 Å². The first-order chi connectivity index (χ1) is 7.24. The molecule has 0 N–H and O–H groups in total. The highest BCUT2D eigenvalue weighted by Crippen LogP contribution is 2.16. The van der Waals surface area contributed by atoms with Gasteiger partial charge < -0.3 is 9.64 Å². The predicted molar refractivity (Wildman–Crippen MR) is 60.9 cm³/mol. The van der Waals surface area contributed by atoms with Crippen LogP contribution in [0.4, 0.5) is 0 Å². The number of rotatable bonds is 2. The Kier molecular flexibility index (Phi) is 3.53. The average molecular weight is 272 g/mol. The van der Waals surface area contributed by atoms with Crippen LogP contribution in [0.15, 0.2) is 16.7 Å². The Bertz CT molecular complexity index is 309. The summed E-state index contributed by atoms with van der Waals surface area (Å²) in [4.78, 5) is 2.31. The van der Waals surface area contributed by atoms with Crippen LogP contribution in [0.1, 0.15) is 12.8 Å². The van der Waals surface area contributed by atoms with Gasteiger partial charge in [0, 0.05) is 19.2 Å². The van der Waals surface area contributed by atoms with Crippen LogP contribution in [-0.2, 0) is 0 Å². The second kappa shape index (κ2) is 4.90. The largest absolute Gasteiger partial charge is 0.473 e. The van der Waals surface area contributed by atoms with E-state index in [2.05, 4.69) is 38.1 Å². The molecule has 15 heavy (non-hydrogen) atoms. The van der Waals surface area contributed by atoms with E-state index in [1.54, 1.807) is 0 Å². The maximum atomic E-state index is 5.74. The van der Waals surface area contributed by atoms with E-state index >= 15 is 0 Å². The molecule has 0 unspecified atom stereocenters. The number of likely N-dealkylation sites (tertiary alicyclic amines) is 1. The SMILES string of the molecule is CN1CCC(Oc2ccc(Br)nn2)CC1. The van der Waals surface area contributed by atoms with Crippen molar-refractivity contribution in [2.45, 2.75) is 18.9 Å². The van der Waals surface area contributed by atoms with Gasteiger partial charge in [0.05, 0.1) is 0 Å². The van der Waals surface area contributed by atoms with Crippen LogP contribution < -0.4 is 4.74 Å².